The zero-order valence-electron chi connectivity index (χ0n) is 19.3. The van der Waals surface area contributed by atoms with Gasteiger partial charge in [-0.3, -0.25) is 0 Å². The second kappa shape index (κ2) is 10.7. The summed E-state index contributed by atoms with van der Waals surface area (Å²) in [5.74, 6) is 0. The first kappa shape index (κ1) is 24.4. The van der Waals surface area contributed by atoms with E-state index in [1.165, 1.54) is 41.7 Å². The fraction of sp³-hybridized carbons (Fsp3) is 0.346. The van der Waals surface area contributed by atoms with Crippen LogP contribution in [-0.2, 0) is 10.0 Å². The number of nitrogens with one attached hydrogen (secondary N) is 1. The van der Waals surface area contributed by atoms with Crippen molar-refractivity contribution < 1.29 is 13.5 Å². The first-order valence-electron chi connectivity index (χ1n) is 11.5. The highest BCUT2D eigenvalue weighted by Gasteiger charge is 2.21. The largest absolute Gasteiger partial charge is 0.396 e. The highest BCUT2D eigenvalue weighted by atomic mass is 32.2. The van der Waals surface area contributed by atoms with E-state index in [1.807, 2.05) is 18.2 Å². The van der Waals surface area contributed by atoms with Crippen molar-refractivity contribution in [2.24, 2.45) is 0 Å². The average Bonchev–Trinajstić information content (AvgIpc) is 3.35. The van der Waals surface area contributed by atoms with Crippen molar-refractivity contribution in [3.63, 3.8) is 0 Å². The number of thiophene rings is 1. The molecule has 2 N–H and O–H groups in total. The summed E-state index contributed by atoms with van der Waals surface area (Å²) in [5.41, 5.74) is 2.75. The predicted octanol–water partition coefficient (Wildman–Crippen LogP) is 5.11. The summed E-state index contributed by atoms with van der Waals surface area (Å²) < 4.78 is 27.5. The number of aliphatic hydroxyl groups is 1. The summed E-state index contributed by atoms with van der Waals surface area (Å²) in [7, 11) is -3.93. The molecule has 4 rings (SSSR count). The van der Waals surface area contributed by atoms with Crippen molar-refractivity contribution in [2.45, 2.75) is 32.6 Å². The maximum absolute atomic E-state index is 12.5. The van der Waals surface area contributed by atoms with E-state index in [-0.39, 0.29) is 18.1 Å². The first-order chi connectivity index (χ1) is 16.4. The van der Waals surface area contributed by atoms with Crippen LogP contribution in [0.2, 0.25) is 0 Å². The number of fused-ring (bicyclic) bond motifs is 1. The van der Waals surface area contributed by atoms with Crippen LogP contribution in [0.3, 0.4) is 0 Å². The Morgan fingerprint density at radius 3 is 2.56 bits per heavy atom. The molecule has 0 unspecified atom stereocenters. The van der Waals surface area contributed by atoms with Crippen LogP contribution >= 0.6 is 11.3 Å². The Labute approximate surface area is 205 Å². The molecule has 0 saturated carbocycles. The predicted molar refractivity (Wildman–Crippen MR) is 140 cm³/mol. The van der Waals surface area contributed by atoms with E-state index >= 15 is 0 Å². The number of anilines is 1. The van der Waals surface area contributed by atoms with Gasteiger partial charge in [0.25, 0.3) is 10.0 Å². The molecule has 0 amide bonds. The number of sulfonamides is 1. The lowest BCUT2D eigenvalue weighted by Crippen LogP contribution is -2.29. The van der Waals surface area contributed by atoms with Gasteiger partial charge in [-0.1, -0.05) is 18.2 Å². The lowest BCUT2D eigenvalue weighted by Gasteiger charge is -2.29. The molecular formula is C26H29N3O3S2. The van der Waals surface area contributed by atoms with E-state index in [0.29, 0.717) is 12.0 Å². The van der Waals surface area contributed by atoms with E-state index in [9.17, 15) is 13.7 Å². The third kappa shape index (κ3) is 5.34. The van der Waals surface area contributed by atoms with Gasteiger partial charge in [0.05, 0.1) is 0 Å². The van der Waals surface area contributed by atoms with Gasteiger partial charge in [-0.05, 0) is 84.8 Å². The molecule has 0 aliphatic carbocycles. The number of rotatable bonds is 8. The lowest BCUT2D eigenvalue weighted by atomic mass is 10.0. The molecule has 1 aliphatic heterocycles. The highest BCUT2D eigenvalue weighted by molar-refractivity contribution is 7.93. The van der Waals surface area contributed by atoms with Gasteiger partial charge in [-0.2, -0.15) is 5.26 Å². The van der Waals surface area contributed by atoms with Crippen molar-refractivity contribution >= 4 is 43.4 Å². The van der Waals surface area contributed by atoms with Gasteiger partial charge in [0, 0.05) is 41.7 Å². The van der Waals surface area contributed by atoms with Gasteiger partial charge in [0.15, 0.2) is 4.91 Å². The molecule has 3 aromatic rings. The van der Waals surface area contributed by atoms with Crippen molar-refractivity contribution in [3.8, 4) is 16.5 Å². The fourth-order valence-electron chi connectivity index (χ4n) is 4.24. The average molecular weight is 496 g/mol. The molecular weight excluding hydrogens is 466 g/mol. The molecule has 1 fully saturated rings. The monoisotopic (exact) mass is 495 g/mol. The summed E-state index contributed by atoms with van der Waals surface area (Å²) in [6.07, 6.45) is 4.10. The number of aliphatic hydroxyl groups excluding tert-OH is 1. The highest BCUT2D eigenvalue weighted by Crippen LogP contribution is 2.35. The fourth-order valence-corrected chi connectivity index (χ4v) is 6.51. The molecule has 2 aromatic carbocycles. The van der Waals surface area contributed by atoms with E-state index < -0.39 is 10.0 Å². The molecule has 0 atom stereocenters. The molecule has 178 valence electrons. The van der Waals surface area contributed by atoms with E-state index in [2.05, 4.69) is 46.0 Å². The Balaban J connectivity index is 1.59. The SMILES string of the molecule is C/C(=C(/C#N)S(=O)(=O)NCCCO)c1ccc(-c2ccc3cc(N4CCCCC4)ccc3c2)s1. The van der Waals surface area contributed by atoms with Crippen molar-refractivity contribution in [1.29, 1.82) is 5.26 Å². The Morgan fingerprint density at radius 1 is 1.09 bits per heavy atom. The normalized spacial score (nSPS) is 15.3. The maximum atomic E-state index is 12.5. The first-order valence-corrected chi connectivity index (χ1v) is 13.8. The lowest BCUT2D eigenvalue weighted by molar-refractivity contribution is 0.289. The number of piperidine rings is 1. The van der Waals surface area contributed by atoms with E-state index in [1.54, 1.807) is 6.92 Å². The Kier molecular flexibility index (Phi) is 7.69. The van der Waals surface area contributed by atoms with Crippen LogP contribution in [-0.4, -0.2) is 39.8 Å². The number of nitrogens with zero attached hydrogens (tertiary/aromatic N) is 2. The third-order valence-electron chi connectivity index (χ3n) is 6.14. The molecule has 1 aromatic heterocycles. The molecule has 6 nitrogen and oxygen atoms in total. The molecule has 1 aliphatic rings. The Hall–Kier alpha value is -2.70. The van der Waals surface area contributed by atoms with Gasteiger partial charge in [-0.25, -0.2) is 13.1 Å². The minimum atomic E-state index is -3.93. The molecule has 0 spiro atoms. The third-order valence-corrected chi connectivity index (χ3v) is 8.92. The number of benzene rings is 2. The van der Waals surface area contributed by atoms with Gasteiger partial charge < -0.3 is 10.0 Å². The summed E-state index contributed by atoms with van der Waals surface area (Å²) in [6.45, 7) is 3.86. The van der Waals surface area contributed by atoms with Gasteiger partial charge >= 0.3 is 0 Å². The Morgan fingerprint density at radius 2 is 1.82 bits per heavy atom. The smallest absolute Gasteiger partial charge is 0.251 e. The van der Waals surface area contributed by atoms with Gasteiger partial charge in [-0.15, -0.1) is 11.3 Å². The summed E-state index contributed by atoms with van der Waals surface area (Å²) in [6, 6.07) is 18.7. The molecule has 2 heterocycles. The molecule has 8 heteroatoms. The van der Waals surface area contributed by atoms with Crippen LogP contribution in [0.4, 0.5) is 5.69 Å². The van der Waals surface area contributed by atoms with E-state index in [4.69, 9.17) is 5.11 Å². The molecule has 1 saturated heterocycles. The van der Waals surface area contributed by atoms with Crippen molar-refractivity contribution in [2.75, 3.05) is 31.1 Å². The maximum Gasteiger partial charge on any atom is 0.251 e. The summed E-state index contributed by atoms with van der Waals surface area (Å²) >= 11 is 1.47. The number of hydrogen-bond acceptors (Lipinski definition) is 6. The van der Waals surface area contributed by atoms with Gasteiger partial charge in [0.1, 0.15) is 6.07 Å². The van der Waals surface area contributed by atoms with Crippen LogP contribution < -0.4 is 9.62 Å². The minimum Gasteiger partial charge on any atom is -0.396 e. The zero-order chi connectivity index (χ0) is 24.1. The van der Waals surface area contributed by atoms with Crippen molar-refractivity contribution in [1.82, 2.24) is 4.72 Å². The minimum absolute atomic E-state index is 0.0869. The number of nitriles is 1. The summed E-state index contributed by atoms with van der Waals surface area (Å²) in [5, 5.41) is 20.8. The topological polar surface area (TPSA) is 93.4 Å². The van der Waals surface area contributed by atoms with Crippen LogP contribution in [0.25, 0.3) is 26.8 Å². The van der Waals surface area contributed by atoms with Crippen LogP contribution in [0.15, 0.2) is 53.4 Å². The molecule has 34 heavy (non-hydrogen) atoms. The quantitative estimate of drug-likeness (QED) is 0.334. The van der Waals surface area contributed by atoms with Crippen LogP contribution in [0.1, 0.15) is 37.5 Å². The molecule has 0 bridgehead atoms. The van der Waals surface area contributed by atoms with Crippen molar-refractivity contribution in [3.05, 3.63) is 58.3 Å². The number of allylic oxidation sites excluding steroid dienone is 2. The standard InChI is InChI=1S/C26H29N3O3S2/c1-19(26(18-27)34(31,32)28-12-5-15-30)24-10-11-25(33-24)22-7-6-21-17-23(9-8-20(21)16-22)29-13-3-2-4-14-29/h6-11,16-17,28,30H,2-5,12-15H2,1H3/b26-19+. The zero-order valence-corrected chi connectivity index (χ0v) is 20.9. The second-order valence-electron chi connectivity index (χ2n) is 8.50. The second-order valence-corrected chi connectivity index (χ2v) is 11.3. The summed E-state index contributed by atoms with van der Waals surface area (Å²) in [4.78, 5) is 3.92. The van der Waals surface area contributed by atoms with Crippen LogP contribution in [0.5, 0.6) is 0 Å². The molecule has 0 radical (unpaired) electrons. The Bertz CT molecular complexity index is 1350. The van der Waals surface area contributed by atoms with E-state index in [0.717, 1.165) is 33.8 Å². The van der Waals surface area contributed by atoms with Gasteiger partial charge in [0.2, 0.25) is 0 Å². The van der Waals surface area contributed by atoms with Crippen LogP contribution in [0, 0.1) is 11.3 Å². The number of hydrogen-bond donors (Lipinski definition) is 2.